The molecule has 0 aliphatic heterocycles. The molecule has 1 aliphatic rings. The fourth-order valence-corrected chi connectivity index (χ4v) is 4.55. The molecule has 2 rings (SSSR count). The molecule has 0 atom stereocenters. The van der Waals surface area contributed by atoms with E-state index in [0.29, 0.717) is 4.88 Å². The summed E-state index contributed by atoms with van der Waals surface area (Å²) in [5.74, 6) is 0.00604. The van der Waals surface area contributed by atoms with Crippen molar-refractivity contribution in [2.75, 3.05) is 0 Å². The number of nitrogens with one attached hydrogen (secondary N) is 1. The van der Waals surface area contributed by atoms with Crippen molar-refractivity contribution in [1.82, 2.24) is 4.72 Å². The molecule has 1 fully saturated rings. The molecule has 4 nitrogen and oxygen atoms in total. The van der Waals surface area contributed by atoms with Crippen molar-refractivity contribution in [3.8, 4) is 0 Å². The van der Waals surface area contributed by atoms with Crippen molar-refractivity contribution in [3.63, 3.8) is 0 Å². The summed E-state index contributed by atoms with van der Waals surface area (Å²) in [6.45, 7) is 5.33. The van der Waals surface area contributed by atoms with Crippen LogP contribution < -0.4 is 4.72 Å². The standard InChI is InChI=1S/C12H17NO3S2/c1-12(2,3)13-18(15,16)9-6-7-17-11(9)10(14)8-4-5-8/h6-8,13H,4-5H2,1-3H3. The Morgan fingerprint density at radius 1 is 1.39 bits per heavy atom. The summed E-state index contributed by atoms with van der Waals surface area (Å²) in [6, 6.07) is 1.51. The van der Waals surface area contributed by atoms with Gasteiger partial charge in [0.25, 0.3) is 0 Å². The molecule has 1 aromatic heterocycles. The van der Waals surface area contributed by atoms with Gasteiger partial charge in [0, 0.05) is 11.5 Å². The zero-order valence-electron chi connectivity index (χ0n) is 10.7. The fourth-order valence-electron chi connectivity index (χ4n) is 1.68. The van der Waals surface area contributed by atoms with Gasteiger partial charge >= 0.3 is 0 Å². The second-order valence-corrected chi connectivity index (χ2v) is 8.17. The van der Waals surface area contributed by atoms with Gasteiger partial charge in [-0.3, -0.25) is 4.79 Å². The summed E-state index contributed by atoms with van der Waals surface area (Å²) < 4.78 is 27.0. The second kappa shape index (κ2) is 4.43. The van der Waals surface area contributed by atoms with Crippen molar-refractivity contribution in [3.05, 3.63) is 16.3 Å². The lowest BCUT2D eigenvalue weighted by Crippen LogP contribution is -2.40. The Kier molecular flexibility index (Phi) is 3.38. The maximum absolute atomic E-state index is 12.2. The SMILES string of the molecule is CC(C)(C)NS(=O)(=O)c1ccsc1C(=O)C1CC1. The van der Waals surface area contributed by atoms with Gasteiger partial charge in [0.2, 0.25) is 10.0 Å². The first-order valence-electron chi connectivity index (χ1n) is 5.86. The molecule has 0 saturated heterocycles. The van der Waals surface area contributed by atoms with Gasteiger partial charge < -0.3 is 0 Å². The van der Waals surface area contributed by atoms with Crippen LogP contribution in [0.5, 0.6) is 0 Å². The Hall–Kier alpha value is -0.720. The van der Waals surface area contributed by atoms with Gasteiger partial charge in [0.05, 0.1) is 4.88 Å². The monoisotopic (exact) mass is 287 g/mol. The molecule has 6 heteroatoms. The number of thiophene rings is 1. The smallest absolute Gasteiger partial charge is 0.242 e. The van der Waals surface area contributed by atoms with E-state index in [0.717, 1.165) is 12.8 Å². The van der Waals surface area contributed by atoms with Gasteiger partial charge in [-0.25, -0.2) is 13.1 Å². The highest BCUT2D eigenvalue weighted by molar-refractivity contribution is 7.89. The minimum atomic E-state index is -3.62. The van der Waals surface area contributed by atoms with Crippen LogP contribution in [0, 0.1) is 5.92 Å². The summed E-state index contributed by atoms with van der Waals surface area (Å²) in [6.07, 6.45) is 1.76. The first kappa shape index (κ1) is 13.7. The molecule has 0 spiro atoms. The van der Waals surface area contributed by atoms with Gasteiger partial charge in [0.1, 0.15) is 4.90 Å². The van der Waals surface area contributed by atoms with Crippen LogP contribution >= 0.6 is 11.3 Å². The maximum Gasteiger partial charge on any atom is 0.242 e. The molecule has 1 N–H and O–H groups in total. The van der Waals surface area contributed by atoms with E-state index in [4.69, 9.17) is 0 Å². The van der Waals surface area contributed by atoms with Crippen LogP contribution in [-0.2, 0) is 10.0 Å². The first-order chi connectivity index (χ1) is 8.21. The molecule has 1 aliphatic carbocycles. The molecule has 0 aromatic carbocycles. The minimum absolute atomic E-state index is 0.0284. The highest BCUT2D eigenvalue weighted by Crippen LogP contribution is 2.36. The normalized spacial score (nSPS) is 16.8. The zero-order valence-corrected chi connectivity index (χ0v) is 12.3. The molecular formula is C12H17NO3S2. The molecule has 1 aromatic rings. The highest BCUT2D eigenvalue weighted by Gasteiger charge is 2.35. The van der Waals surface area contributed by atoms with E-state index in [-0.39, 0.29) is 16.6 Å². The van der Waals surface area contributed by atoms with Gasteiger partial charge in [-0.15, -0.1) is 11.3 Å². The molecule has 0 radical (unpaired) electrons. The van der Waals surface area contributed by atoms with Crippen LogP contribution in [0.3, 0.4) is 0 Å². The summed E-state index contributed by atoms with van der Waals surface area (Å²) in [4.78, 5) is 12.5. The van der Waals surface area contributed by atoms with E-state index in [1.165, 1.54) is 17.4 Å². The van der Waals surface area contributed by atoms with Gasteiger partial charge in [-0.1, -0.05) is 0 Å². The summed E-state index contributed by atoms with van der Waals surface area (Å²) in [5.41, 5.74) is -0.555. The van der Waals surface area contributed by atoms with Crippen LogP contribution in [0.4, 0.5) is 0 Å². The van der Waals surface area contributed by atoms with E-state index < -0.39 is 15.6 Å². The lowest BCUT2D eigenvalue weighted by molar-refractivity contribution is 0.0968. The van der Waals surface area contributed by atoms with Crippen molar-refractivity contribution in [2.24, 2.45) is 5.92 Å². The van der Waals surface area contributed by atoms with Crippen molar-refractivity contribution < 1.29 is 13.2 Å². The highest BCUT2D eigenvalue weighted by atomic mass is 32.2. The average Bonchev–Trinajstić information content (AvgIpc) is 2.89. The predicted molar refractivity (Wildman–Crippen MR) is 71.4 cm³/mol. The summed E-state index contributed by atoms with van der Waals surface area (Å²) in [7, 11) is -3.62. The Morgan fingerprint density at radius 3 is 2.50 bits per heavy atom. The molecule has 18 heavy (non-hydrogen) atoms. The van der Waals surface area contributed by atoms with E-state index >= 15 is 0 Å². The van der Waals surface area contributed by atoms with Crippen molar-refractivity contribution in [1.29, 1.82) is 0 Å². The Morgan fingerprint density at radius 2 is 2.00 bits per heavy atom. The quantitative estimate of drug-likeness (QED) is 0.865. The van der Waals surface area contributed by atoms with E-state index in [1.54, 1.807) is 26.2 Å². The Balaban J connectivity index is 2.33. The van der Waals surface area contributed by atoms with Crippen LogP contribution in [0.15, 0.2) is 16.3 Å². The number of hydrogen-bond acceptors (Lipinski definition) is 4. The number of hydrogen-bond donors (Lipinski definition) is 1. The summed E-state index contributed by atoms with van der Waals surface area (Å²) >= 11 is 1.21. The molecule has 0 bridgehead atoms. The van der Waals surface area contributed by atoms with Gasteiger partial charge in [-0.05, 0) is 45.1 Å². The van der Waals surface area contributed by atoms with Crippen LogP contribution in [0.1, 0.15) is 43.3 Å². The van der Waals surface area contributed by atoms with E-state index in [9.17, 15) is 13.2 Å². The number of sulfonamides is 1. The topological polar surface area (TPSA) is 63.2 Å². The maximum atomic E-state index is 12.2. The minimum Gasteiger partial charge on any atom is -0.293 e. The van der Waals surface area contributed by atoms with Crippen LogP contribution in [0.2, 0.25) is 0 Å². The molecule has 0 unspecified atom stereocenters. The van der Waals surface area contributed by atoms with Crippen molar-refractivity contribution in [2.45, 2.75) is 44.0 Å². The lowest BCUT2D eigenvalue weighted by atomic mass is 10.1. The van der Waals surface area contributed by atoms with Gasteiger partial charge in [-0.2, -0.15) is 0 Å². The number of Topliss-reactive ketones (excluding diaryl/α,β-unsaturated/α-hetero) is 1. The third kappa shape index (κ3) is 2.99. The molecule has 1 heterocycles. The summed E-state index contributed by atoms with van der Waals surface area (Å²) in [5, 5.41) is 1.66. The van der Waals surface area contributed by atoms with Crippen LogP contribution in [-0.4, -0.2) is 19.7 Å². The Bertz CT molecular complexity index is 562. The van der Waals surface area contributed by atoms with Gasteiger partial charge in [0.15, 0.2) is 5.78 Å². The first-order valence-corrected chi connectivity index (χ1v) is 8.23. The third-order valence-electron chi connectivity index (χ3n) is 2.53. The number of ketones is 1. The lowest BCUT2D eigenvalue weighted by Gasteiger charge is -2.20. The number of carbonyl (C=O) groups is 1. The van der Waals surface area contributed by atoms with E-state index in [2.05, 4.69) is 4.72 Å². The van der Waals surface area contributed by atoms with Crippen molar-refractivity contribution >= 4 is 27.1 Å². The fraction of sp³-hybridized carbons (Fsp3) is 0.583. The third-order valence-corrected chi connectivity index (χ3v) is 5.39. The zero-order chi connectivity index (χ0) is 13.6. The average molecular weight is 287 g/mol. The Labute approximate surface area is 111 Å². The van der Waals surface area contributed by atoms with E-state index in [1.807, 2.05) is 0 Å². The van der Waals surface area contributed by atoms with Crippen LogP contribution in [0.25, 0.3) is 0 Å². The second-order valence-electron chi connectivity index (χ2n) is 5.61. The molecule has 0 amide bonds. The molecular weight excluding hydrogens is 270 g/mol. The predicted octanol–water partition coefficient (Wildman–Crippen LogP) is 2.42. The molecule has 100 valence electrons. The number of rotatable bonds is 4. The molecule has 1 saturated carbocycles. The largest absolute Gasteiger partial charge is 0.293 e. The number of carbonyl (C=O) groups excluding carboxylic acids is 1.